The van der Waals surface area contributed by atoms with Crippen molar-refractivity contribution in [3.8, 4) is 0 Å². The van der Waals surface area contributed by atoms with Gasteiger partial charge in [-0.25, -0.2) is 0 Å². The van der Waals surface area contributed by atoms with Crippen LogP contribution in [0.25, 0.3) is 0 Å². The summed E-state index contributed by atoms with van der Waals surface area (Å²) in [5.41, 5.74) is 1.04. The number of hydrogen-bond donors (Lipinski definition) is 1. The number of halogens is 1. The van der Waals surface area contributed by atoms with Gasteiger partial charge in [-0.05, 0) is 51.0 Å². The molecule has 0 unspecified atom stereocenters. The fourth-order valence-electron chi connectivity index (χ4n) is 0.831. The van der Waals surface area contributed by atoms with Crippen LogP contribution in [0.5, 0.6) is 0 Å². The third-order valence-corrected chi connectivity index (χ3v) is 2.00. The molecule has 0 aromatic rings. The Morgan fingerprint density at radius 3 is 2.58 bits per heavy atom. The van der Waals surface area contributed by atoms with Crippen LogP contribution in [-0.4, -0.2) is 11.7 Å². The predicted molar refractivity (Wildman–Crippen MR) is 62.4 cm³/mol. The zero-order valence-electron chi connectivity index (χ0n) is 7.22. The highest BCUT2D eigenvalue weighted by Gasteiger charge is 1.92. The van der Waals surface area contributed by atoms with E-state index in [1.807, 2.05) is 0 Å². The van der Waals surface area contributed by atoms with E-state index in [4.69, 9.17) is 5.11 Å². The average molecular weight is 278 g/mol. The summed E-state index contributed by atoms with van der Waals surface area (Å²) >= 11 is 2.22. The summed E-state index contributed by atoms with van der Waals surface area (Å²) in [5.74, 6) is 0. The molecule has 12 heavy (non-hydrogen) atoms. The van der Waals surface area contributed by atoms with E-state index in [1.165, 1.54) is 0 Å². The van der Waals surface area contributed by atoms with Crippen molar-refractivity contribution < 1.29 is 5.11 Å². The molecular weight excluding hydrogens is 263 g/mol. The molecule has 0 heterocycles. The van der Waals surface area contributed by atoms with Crippen molar-refractivity contribution in [2.24, 2.45) is 0 Å². The van der Waals surface area contributed by atoms with E-state index in [-0.39, 0.29) is 6.61 Å². The van der Waals surface area contributed by atoms with Gasteiger partial charge in [-0.3, -0.25) is 0 Å². The van der Waals surface area contributed by atoms with Crippen LogP contribution < -0.4 is 0 Å². The SMILES string of the molecule is C=CC/C(=C/CCC(=C)I)CO. The van der Waals surface area contributed by atoms with Gasteiger partial charge in [-0.15, -0.1) is 6.58 Å². The molecule has 0 saturated carbocycles. The largest absolute Gasteiger partial charge is 0.392 e. The summed E-state index contributed by atoms with van der Waals surface area (Å²) in [6.45, 7) is 7.56. The molecule has 0 fully saturated rings. The quantitative estimate of drug-likeness (QED) is 0.584. The summed E-state index contributed by atoms with van der Waals surface area (Å²) in [7, 11) is 0. The first-order chi connectivity index (χ1) is 5.70. The third-order valence-electron chi connectivity index (χ3n) is 1.46. The third kappa shape index (κ3) is 6.61. The number of aliphatic hydroxyl groups excluding tert-OH is 1. The zero-order chi connectivity index (χ0) is 9.40. The highest BCUT2D eigenvalue weighted by Crippen LogP contribution is 2.12. The van der Waals surface area contributed by atoms with Gasteiger partial charge < -0.3 is 5.11 Å². The Kier molecular flexibility index (Phi) is 7.50. The fraction of sp³-hybridized carbons (Fsp3) is 0.400. The highest BCUT2D eigenvalue weighted by molar-refractivity contribution is 14.1. The predicted octanol–water partition coefficient (Wildman–Crippen LogP) is 3.21. The van der Waals surface area contributed by atoms with Gasteiger partial charge in [0.2, 0.25) is 0 Å². The van der Waals surface area contributed by atoms with E-state index in [2.05, 4.69) is 41.8 Å². The Morgan fingerprint density at radius 2 is 2.17 bits per heavy atom. The van der Waals surface area contributed by atoms with E-state index in [9.17, 15) is 0 Å². The van der Waals surface area contributed by atoms with Gasteiger partial charge in [0.1, 0.15) is 0 Å². The molecule has 0 saturated heterocycles. The number of rotatable bonds is 6. The molecule has 68 valence electrons. The first-order valence-electron chi connectivity index (χ1n) is 3.93. The Morgan fingerprint density at radius 1 is 1.50 bits per heavy atom. The Hall–Kier alpha value is -0.0900. The van der Waals surface area contributed by atoms with E-state index in [0.717, 1.165) is 28.4 Å². The standard InChI is InChI=1S/C10H15IO/c1-3-5-10(8-12)7-4-6-9(2)11/h3,7,12H,1-2,4-6,8H2/b10-7-. The lowest BCUT2D eigenvalue weighted by atomic mass is 10.1. The van der Waals surface area contributed by atoms with Gasteiger partial charge in [-0.1, -0.05) is 18.7 Å². The number of allylic oxidation sites excluding steroid dienone is 3. The van der Waals surface area contributed by atoms with Crippen LogP contribution in [0.15, 0.2) is 34.5 Å². The minimum absolute atomic E-state index is 0.139. The van der Waals surface area contributed by atoms with Crippen LogP contribution in [0.3, 0.4) is 0 Å². The van der Waals surface area contributed by atoms with Crippen molar-refractivity contribution in [3.63, 3.8) is 0 Å². The summed E-state index contributed by atoms with van der Waals surface area (Å²) in [5, 5.41) is 8.88. The summed E-state index contributed by atoms with van der Waals surface area (Å²) in [6.07, 6.45) is 6.60. The highest BCUT2D eigenvalue weighted by atomic mass is 127. The Bertz CT molecular complexity index is 182. The smallest absolute Gasteiger partial charge is 0.0644 e. The van der Waals surface area contributed by atoms with Gasteiger partial charge >= 0.3 is 0 Å². The summed E-state index contributed by atoms with van der Waals surface area (Å²) in [6, 6.07) is 0. The maximum atomic E-state index is 8.88. The van der Waals surface area contributed by atoms with Gasteiger partial charge in [0.05, 0.1) is 6.61 Å². The maximum Gasteiger partial charge on any atom is 0.0644 e. The molecule has 0 aliphatic heterocycles. The lowest BCUT2D eigenvalue weighted by Crippen LogP contribution is -1.88. The van der Waals surface area contributed by atoms with E-state index < -0.39 is 0 Å². The molecule has 1 N–H and O–H groups in total. The molecule has 0 radical (unpaired) electrons. The second-order valence-corrected chi connectivity index (χ2v) is 4.09. The first kappa shape index (κ1) is 11.9. The lowest BCUT2D eigenvalue weighted by Gasteiger charge is -1.99. The number of hydrogen-bond acceptors (Lipinski definition) is 1. The summed E-state index contributed by atoms with van der Waals surface area (Å²) in [4.78, 5) is 0. The average Bonchev–Trinajstić information content (AvgIpc) is 2.02. The van der Waals surface area contributed by atoms with Crippen LogP contribution in [-0.2, 0) is 0 Å². The molecule has 0 spiro atoms. The van der Waals surface area contributed by atoms with E-state index >= 15 is 0 Å². The van der Waals surface area contributed by atoms with Crippen molar-refractivity contribution in [1.29, 1.82) is 0 Å². The fourth-order valence-corrected chi connectivity index (χ4v) is 1.14. The Labute approximate surface area is 88.0 Å². The van der Waals surface area contributed by atoms with Gasteiger partial charge in [-0.2, -0.15) is 0 Å². The molecule has 0 aliphatic carbocycles. The molecule has 0 aromatic carbocycles. The van der Waals surface area contributed by atoms with E-state index in [1.54, 1.807) is 6.08 Å². The van der Waals surface area contributed by atoms with Crippen LogP contribution in [0.1, 0.15) is 19.3 Å². The second-order valence-electron chi connectivity index (χ2n) is 2.57. The van der Waals surface area contributed by atoms with Crippen LogP contribution in [0, 0.1) is 0 Å². The molecule has 0 atom stereocenters. The molecule has 0 aromatic heterocycles. The maximum absolute atomic E-state index is 8.88. The minimum Gasteiger partial charge on any atom is -0.392 e. The molecule has 0 rings (SSSR count). The van der Waals surface area contributed by atoms with Crippen LogP contribution in [0.2, 0.25) is 0 Å². The van der Waals surface area contributed by atoms with Gasteiger partial charge in [0.25, 0.3) is 0 Å². The van der Waals surface area contributed by atoms with Crippen molar-refractivity contribution >= 4 is 22.6 Å². The zero-order valence-corrected chi connectivity index (χ0v) is 9.38. The van der Waals surface area contributed by atoms with Crippen molar-refractivity contribution in [1.82, 2.24) is 0 Å². The second kappa shape index (κ2) is 7.55. The van der Waals surface area contributed by atoms with Crippen molar-refractivity contribution in [3.05, 3.63) is 34.5 Å². The van der Waals surface area contributed by atoms with Gasteiger partial charge in [0.15, 0.2) is 0 Å². The van der Waals surface area contributed by atoms with Crippen LogP contribution >= 0.6 is 22.6 Å². The van der Waals surface area contributed by atoms with Gasteiger partial charge in [0, 0.05) is 0 Å². The molecule has 2 heteroatoms. The molecule has 0 amide bonds. The number of aliphatic hydroxyl groups is 1. The molecule has 0 bridgehead atoms. The van der Waals surface area contributed by atoms with Crippen molar-refractivity contribution in [2.75, 3.05) is 6.61 Å². The topological polar surface area (TPSA) is 20.2 Å². The van der Waals surface area contributed by atoms with Crippen molar-refractivity contribution in [2.45, 2.75) is 19.3 Å². The first-order valence-corrected chi connectivity index (χ1v) is 5.01. The monoisotopic (exact) mass is 278 g/mol. The molecule has 1 nitrogen and oxygen atoms in total. The molecule has 0 aliphatic rings. The normalized spacial score (nSPS) is 11.3. The van der Waals surface area contributed by atoms with Crippen LogP contribution in [0.4, 0.5) is 0 Å². The molecular formula is C10H15IO. The Balaban J connectivity index is 3.76. The summed E-state index contributed by atoms with van der Waals surface area (Å²) < 4.78 is 1.15. The van der Waals surface area contributed by atoms with E-state index in [0.29, 0.717) is 0 Å². The lowest BCUT2D eigenvalue weighted by molar-refractivity contribution is 0.328. The minimum atomic E-state index is 0.139.